The molecule has 3 aromatic rings. The maximum absolute atomic E-state index is 12.5. The minimum atomic E-state index is -0.415. The Morgan fingerprint density at radius 2 is 1.68 bits per heavy atom. The summed E-state index contributed by atoms with van der Waals surface area (Å²) in [6, 6.07) is 16.9. The molecule has 4 N–H and O–H groups in total. The number of carbonyl (C=O) groups is 2. The van der Waals surface area contributed by atoms with E-state index in [9.17, 15) is 9.59 Å². The molecule has 0 saturated carbocycles. The van der Waals surface area contributed by atoms with Crippen molar-refractivity contribution in [2.75, 3.05) is 12.8 Å². The van der Waals surface area contributed by atoms with Gasteiger partial charge < -0.3 is 21.1 Å². The molecule has 144 valence electrons. The number of methoxy groups -OCH3 is 1. The zero-order chi connectivity index (χ0) is 19.9. The highest BCUT2D eigenvalue weighted by atomic mass is 32.1. The zero-order valence-electron chi connectivity index (χ0n) is 15.3. The highest BCUT2D eigenvalue weighted by molar-refractivity contribution is 7.09. The van der Waals surface area contributed by atoms with Crippen LogP contribution < -0.4 is 21.1 Å². The zero-order valence-corrected chi connectivity index (χ0v) is 16.1. The largest absolute Gasteiger partial charge is 0.496 e. The number of amides is 2. The van der Waals surface area contributed by atoms with Crippen LogP contribution in [0.25, 0.3) is 0 Å². The summed E-state index contributed by atoms with van der Waals surface area (Å²) in [5.41, 5.74) is 7.93. The number of hydrogen-bond acceptors (Lipinski definition) is 6. The first-order chi connectivity index (χ1) is 13.6. The van der Waals surface area contributed by atoms with Crippen LogP contribution >= 0.6 is 11.5 Å². The lowest BCUT2D eigenvalue weighted by Crippen LogP contribution is -2.25. The number of aromatic nitrogens is 1. The quantitative estimate of drug-likeness (QED) is 0.569. The van der Waals surface area contributed by atoms with Gasteiger partial charge in [0.05, 0.1) is 12.8 Å². The molecule has 0 aliphatic heterocycles. The number of carbonyl (C=O) groups excluding carboxylic acids is 2. The van der Waals surface area contributed by atoms with Crippen molar-refractivity contribution in [3.05, 3.63) is 76.3 Å². The average Bonchev–Trinajstić information content (AvgIpc) is 3.12. The van der Waals surface area contributed by atoms with E-state index in [1.165, 1.54) is 0 Å². The van der Waals surface area contributed by atoms with Crippen LogP contribution in [0.1, 0.15) is 31.3 Å². The number of nitrogens with zero attached hydrogens (tertiary/aromatic N) is 1. The number of rotatable bonds is 7. The number of anilines is 1. The van der Waals surface area contributed by atoms with Gasteiger partial charge in [0.25, 0.3) is 11.8 Å². The molecule has 0 saturated heterocycles. The van der Waals surface area contributed by atoms with Crippen LogP contribution in [0.5, 0.6) is 5.75 Å². The first-order valence-electron chi connectivity index (χ1n) is 8.57. The fourth-order valence-electron chi connectivity index (χ4n) is 2.59. The van der Waals surface area contributed by atoms with Gasteiger partial charge in [-0.15, -0.1) is 0 Å². The van der Waals surface area contributed by atoms with E-state index in [4.69, 9.17) is 10.5 Å². The number of para-hydroxylation sites is 1. The second-order valence-electron chi connectivity index (χ2n) is 5.94. The molecule has 1 aromatic heterocycles. The molecule has 0 unspecified atom stereocenters. The van der Waals surface area contributed by atoms with Crippen LogP contribution in [0.4, 0.5) is 5.69 Å². The standard InChI is InChI=1S/C20H20N4O3S/c1-27-15-10-6-5-9-14(15)12-23-20(26)18-16(21)17(24-28-18)19(25)22-11-13-7-3-2-4-8-13/h2-10H,11-12,21H2,1H3,(H,22,25)(H,23,26). The Morgan fingerprint density at radius 1 is 1.00 bits per heavy atom. The average molecular weight is 396 g/mol. The molecule has 0 fully saturated rings. The molecule has 0 bridgehead atoms. The van der Waals surface area contributed by atoms with Crippen molar-refractivity contribution in [3.63, 3.8) is 0 Å². The fourth-order valence-corrected chi connectivity index (χ4v) is 3.31. The molecule has 7 nitrogen and oxygen atoms in total. The summed E-state index contributed by atoms with van der Waals surface area (Å²) < 4.78 is 9.32. The number of hydrogen-bond donors (Lipinski definition) is 3. The second-order valence-corrected chi connectivity index (χ2v) is 6.71. The van der Waals surface area contributed by atoms with Gasteiger partial charge in [-0.2, -0.15) is 4.37 Å². The van der Waals surface area contributed by atoms with E-state index >= 15 is 0 Å². The molecule has 0 radical (unpaired) electrons. The number of ether oxygens (including phenoxy) is 1. The van der Waals surface area contributed by atoms with Crippen LogP contribution in [-0.4, -0.2) is 23.3 Å². The fraction of sp³-hybridized carbons (Fsp3) is 0.150. The third kappa shape index (κ3) is 4.47. The van der Waals surface area contributed by atoms with Crippen molar-refractivity contribution in [3.8, 4) is 5.75 Å². The molecule has 3 rings (SSSR count). The topological polar surface area (TPSA) is 106 Å². The predicted molar refractivity (Wildman–Crippen MR) is 108 cm³/mol. The van der Waals surface area contributed by atoms with Gasteiger partial charge in [0.2, 0.25) is 0 Å². The maximum Gasteiger partial charge on any atom is 0.273 e. The van der Waals surface area contributed by atoms with E-state index in [1.807, 2.05) is 54.6 Å². The molecule has 0 spiro atoms. The molecular formula is C20H20N4O3S. The van der Waals surface area contributed by atoms with Gasteiger partial charge in [-0.25, -0.2) is 0 Å². The molecule has 0 atom stereocenters. The van der Waals surface area contributed by atoms with E-state index in [-0.39, 0.29) is 28.7 Å². The van der Waals surface area contributed by atoms with Crippen LogP contribution in [0.15, 0.2) is 54.6 Å². The Labute approximate surface area is 166 Å². The summed E-state index contributed by atoms with van der Waals surface area (Å²) in [5, 5.41) is 5.54. The highest BCUT2D eigenvalue weighted by Gasteiger charge is 2.22. The van der Waals surface area contributed by atoms with Gasteiger partial charge in [0.1, 0.15) is 10.6 Å². The summed E-state index contributed by atoms with van der Waals surface area (Å²) >= 11 is 0.900. The minimum absolute atomic E-state index is 0.0587. The number of nitrogen functional groups attached to an aromatic ring is 1. The van der Waals surface area contributed by atoms with Gasteiger partial charge in [-0.1, -0.05) is 48.5 Å². The highest BCUT2D eigenvalue weighted by Crippen LogP contribution is 2.22. The van der Waals surface area contributed by atoms with Gasteiger partial charge >= 0.3 is 0 Å². The monoisotopic (exact) mass is 396 g/mol. The Balaban J connectivity index is 1.63. The van der Waals surface area contributed by atoms with Gasteiger partial charge in [-0.3, -0.25) is 9.59 Å². The molecular weight excluding hydrogens is 376 g/mol. The van der Waals surface area contributed by atoms with Crippen LogP contribution in [0, 0.1) is 0 Å². The van der Waals surface area contributed by atoms with Crippen molar-refractivity contribution in [2.24, 2.45) is 0 Å². The van der Waals surface area contributed by atoms with E-state index in [2.05, 4.69) is 15.0 Å². The van der Waals surface area contributed by atoms with Crippen LogP contribution in [0.3, 0.4) is 0 Å². The Hall–Kier alpha value is -3.39. The van der Waals surface area contributed by atoms with E-state index < -0.39 is 5.91 Å². The molecule has 0 aliphatic rings. The lowest BCUT2D eigenvalue weighted by atomic mass is 10.2. The van der Waals surface area contributed by atoms with Crippen LogP contribution in [-0.2, 0) is 13.1 Å². The molecule has 2 aromatic carbocycles. The van der Waals surface area contributed by atoms with Gasteiger partial charge in [0, 0.05) is 18.7 Å². The SMILES string of the molecule is COc1ccccc1CNC(=O)c1snc(C(=O)NCc2ccccc2)c1N. The Kier molecular flexibility index (Phi) is 6.23. The van der Waals surface area contributed by atoms with Gasteiger partial charge in [-0.05, 0) is 23.2 Å². The lowest BCUT2D eigenvalue weighted by molar-refractivity contribution is 0.0946. The number of benzene rings is 2. The minimum Gasteiger partial charge on any atom is -0.496 e. The first-order valence-corrected chi connectivity index (χ1v) is 9.35. The molecule has 2 amide bonds. The van der Waals surface area contributed by atoms with Crippen LogP contribution in [0.2, 0.25) is 0 Å². The predicted octanol–water partition coefficient (Wildman–Crippen LogP) is 2.59. The Morgan fingerprint density at radius 3 is 2.43 bits per heavy atom. The van der Waals surface area contributed by atoms with Crippen molar-refractivity contribution in [1.29, 1.82) is 0 Å². The normalized spacial score (nSPS) is 10.3. The third-order valence-electron chi connectivity index (χ3n) is 4.08. The Bertz CT molecular complexity index is 973. The summed E-state index contributed by atoms with van der Waals surface area (Å²) in [5.74, 6) is -0.120. The van der Waals surface area contributed by atoms with Crippen molar-refractivity contribution < 1.29 is 14.3 Å². The number of nitrogens with two attached hydrogens (primary N) is 1. The maximum atomic E-state index is 12.5. The summed E-state index contributed by atoms with van der Waals surface area (Å²) in [4.78, 5) is 25.0. The van der Waals surface area contributed by atoms with Gasteiger partial charge in [0.15, 0.2) is 5.69 Å². The molecule has 0 aliphatic carbocycles. The van der Waals surface area contributed by atoms with Crippen molar-refractivity contribution in [1.82, 2.24) is 15.0 Å². The molecule has 28 heavy (non-hydrogen) atoms. The van der Waals surface area contributed by atoms with Crippen molar-refractivity contribution in [2.45, 2.75) is 13.1 Å². The summed E-state index contributed by atoms with van der Waals surface area (Å²) in [7, 11) is 1.57. The summed E-state index contributed by atoms with van der Waals surface area (Å²) in [6.45, 7) is 0.627. The van der Waals surface area contributed by atoms with E-state index in [0.29, 0.717) is 12.3 Å². The third-order valence-corrected chi connectivity index (χ3v) is 4.94. The lowest BCUT2D eigenvalue weighted by Gasteiger charge is -2.09. The molecule has 1 heterocycles. The number of nitrogens with one attached hydrogen (secondary N) is 2. The molecule has 8 heteroatoms. The van der Waals surface area contributed by atoms with E-state index in [0.717, 1.165) is 22.7 Å². The summed E-state index contributed by atoms with van der Waals surface area (Å²) in [6.07, 6.45) is 0. The van der Waals surface area contributed by atoms with Crippen molar-refractivity contribution >= 4 is 29.0 Å². The first kappa shape index (κ1) is 19.4. The second kappa shape index (κ2) is 9.01. The smallest absolute Gasteiger partial charge is 0.273 e. The van der Waals surface area contributed by atoms with E-state index in [1.54, 1.807) is 7.11 Å².